The number of fused-ring (bicyclic) bond motifs is 1. The maximum atomic E-state index is 12.4. The summed E-state index contributed by atoms with van der Waals surface area (Å²) < 4.78 is 0. The molecule has 0 bridgehead atoms. The maximum Gasteiger partial charge on any atom is 0.226 e. The summed E-state index contributed by atoms with van der Waals surface area (Å²) in [6, 6.07) is 0.299. The summed E-state index contributed by atoms with van der Waals surface area (Å²) in [7, 11) is 0. The zero-order valence-electron chi connectivity index (χ0n) is 11.0. The topological polar surface area (TPSA) is 70.0 Å². The molecule has 5 heteroatoms. The van der Waals surface area contributed by atoms with Crippen LogP contribution in [-0.4, -0.2) is 39.8 Å². The van der Waals surface area contributed by atoms with Gasteiger partial charge in [-0.15, -0.1) is 0 Å². The van der Waals surface area contributed by atoms with Crippen molar-refractivity contribution in [2.75, 3.05) is 6.54 Å². The van der Waals surface area contributed by atoms with Crippen LogP contribution in [-0.2, 0) is 0 Å². The van der Waals surface area contributed by atoms with Crippen LogP contribution in [0.25, 0.3) is 0 Å². The Morgan fingerprint density at radius 2 is 2.05 bits per heavy atom. The molecule has 1 atom stereocenters. The number of rotatable bonds is 2. The number of aromatic amines is 1. The Morgan fingerprint density at radius 1 is 1.42 bits per heavy atom. The number of hydrogen-bond acceptors (Lipinski definition) is 4. The molecule has 2 aliphatic rings. The minimum Gasteiger partial charge on any atom is -0.362 e. The first-order valence-electron chi connectivity index (χ1n) is 6.22. The van der Waals surface area contributed by atoms with Gasteiger partial charge in [-0.3, -0.25) is 14.4 Å². The van der Waals surface area contributed by atoms with E-state index in [1.807, 2.05) is 11.8 Å². The van der Waals surface area contributed by atoms with Crippen molar-refractivity contribution in [2.45, 2.75) is 26.8 Å². The fourth-order valence-electron chi connectivity index (χ4n) is 2.66. The highest BCUT2D eigenvalue weighted by Gasteiger charge is 2.40. The highest BCUT2D eigenvalue weighted by atomic mass is 16.1. The second-order valence-corrected chi connectivity index (χ2v) is 5.16. The second kappa shape index (κ2) is 3.66. The van der Waals surface area contributed by atoms with Crippen LogP contribution in [0.4, 0.5) is 0 Å². The molecular weight excluding hydrogens is 244 g/mol. The maximum absolute atomic E-state index is 12.4. The monoisotopic (exact) mass is 258 g/mol. The van der Waals surface area contributed by atoms with E-state index in [0.29, 0.717) is 23.0 Å². The number of allylic oxidation sites excluding steroid dienone is 2. The van der Waals surface area contributed by atoms with E-state index in [9.17, 15) is 14.4 Å². The van der Waals surface area contributed by atoms with E-state index in [0.717, 1.165) is 6.54 Å². The third kappa shape index (κ3) is 1.58. The smallest absolute Gasteiger partial charge is 0.226 e. The van der Waals surface area contributed by atoms with Gasteiger partial charge in [-0.25, -0.2) is 0 Å². The molecule has 1 aromatic heterocycles. The fourth-order valence-corrected chi connectivity index (χ4v) is 2.66. The van der Waals surface area contributed by atoms with Crippen molar-refractivity contribution < 1.29 is 14.4 Å². The number of ketones is 3. The number of H-pyrrole nitrogens is 1. The highest BCUT2D eigenvalue weighted by Crippen LogP contribution is 2.32. The molecule has 0 aromatic carbocycles. The molecule has 0 spiro atoms. The van der Waals surface area contributed by atoms with Crippen LogP contribution in [0, 0.1) is 6.92 Å². The Labute approximate surface area is 110 Å². The lowest BCUT2D eigenvalue weighted by atomic mass is 9.94. The molecule has 1 saturated heterocycles. The quantitative estimate of drug-likeness (QED) is 0.644. The van der Waals surface area contributed by atoms with Gasteiger partial charge in [0.2, 0.25) is 5.78 Å². The van der Waals surface area contributed by atoms with Crippen LogP contribution in [0.15, 0.2) is 11.8 Å². The lowest BCUT2D eigenvalue weighted by molar-refractivity contribution is 0.0961. The molecule has 1 fully saturated rings. The van der Waals surface area contributed by atoms with E-state index in [1.165, 1.54) is 13.0 Å². The minimum atomic E-state index is -0.266. The first kappa shape index (κ1) is 11.9. The van der Waals surface area contributed by atoms with Crippen molar-refractivity contribution in [1.82, 2.24) is 9.88 Å². The van der Waals surface area contributed by atoms with Gasteiger partial charge in [0.05, 0.1) is 11.3 Å². The predicted octanol–water partition coefficient (Wildman–Crippen LogP) is 1.49. The fraction of sp³-hybridized carbons (Fsp3) is 0.357. The molecular formula is C14H14N2O3. The molecule has 1 unspecified atom stereocenters. The minimum absolute atomic E-state index is 0.199. The second-order valence-electron chi connectivity index (χ2n) is 5.16. The van der Waals surface area contributed by atoms with Gasteiger partial charge in [-0.05, 0) is 20.8 Å². The van der Waals surface area contributed by atoms with Crippen LogP contribution in [0.2, 0.25) is 0 Å². The molecule has 19 heavy (non-hydrogen) atoms. The Morgan fingerprint density at radius 3 is 2.58 bits per heavy atom. The lowest BCUT2D eigenvalue weighted by Crippen LogP contribution is -2.22. The largest absolute Gasteiger partial charge is 0.362 e. The average molecular weight is 258 g/mol. The number of aryl methyl sites for hydroxylation is 1. The molecule has 3 rings (SSSR count). The number of carbonyl (C=O) groups excluding carboxylic acids is 3. The Hall–Kier alpha value is -2.17. The Bertz CT molecular complexity index is 666. The van der Waals surface area contributed by atoms with Crippen LogP contribution in [0.1, 0.15) is 50.7 Å². The zero-order valence-corrected chi connectivity index (χ0v) is 11.0. The van der Waals surface area contributed by atoms with Gasteiger partial charge in [0, 0.05) is 29.9 Å². The number of nitrogens with zero attached hydrogens (tertiary/aromatic N) is 1. The van der Waals surface area contributed by atoms with Crippen molar-refractivity contribution in [2.24, 2.45) is 0 Å². The summed E-state index contributed by atoms with van der Waals surface area (Å²) in [5.41, 5.74) is 1.83. The predicted molar refractivity (Wildman–Crippen MR) is 68.4 cm³/mol. The normalized spacial score (nSPS) is 21.3. The van der Waals surface area contributed by atoms with Crippen LogP contribution in [0.3, 0.4) is 0 Å². The number of hydrogen-bond donors (Lipinski definition) is 1. The van der Waals surface area contributed by atoms with Gasteiger partial charge in [-0.1, -0.05) is 0 Å². The molecule has 0 radical (unpaired) electrons. The summed E-state index contributed by atoms with van der Waals surface area (Å²) in [6.07, 6.45) is 1.36. The molecule has 0 saturated carbocycles. The number of carbonyl (C=O) groups is 3. The van der Waals surface area contributed by atoms with E-state index in [2.05, 4.69) is 4.98 Å². The van der Waals surface area contributed by atoms with Gasteiger partial charge in [0.25, 0.3) is 0 Å². The van der Waals surface area contributed by atoms with E-state index in [-0.39, 0.29) is 28.6 Å². The van der Waals surface area contributed by atoms with Crippen molar-refractivity contribution in [3.05, 3.63) is 34.3 Å². The van der Waals surface area contributed by atoms with Gasteiger partial charge in [-0.2, -0.15) is 0 Å². The number of nitrogens with one attached hydrogen (secondary N) is 1. The van der Waals surface area contributed by atoms with Crippen LogP contribution in [0.5, 0.6) is 0 Å². The third-order valence-corrected chi connectivity index (χ3v) is 3.68. The molecule has 1 aliphatic heterocycles. The SMILES string of the molecule is CC(=O)c1c(C)[nH]c2c1C(=O)C=C(N1CC1C)C2=O. The molecule has 1 aromatic rings. The average Bonchev–Trinajstić information content (AvgIpc) is 2.91. The molecule has 5 nitrogen and oxygen atoms in total. The molecule has 0 amide bonds. The summed E-state index contributed by atoms with van der Waals surface area (Å²) in [6.45, 7) is 5.89. The summed E-state index contributed by atoms with van der Waals surface area (Å²) >= 11 is 0. The van der Waals surface area contributed by atoms with Crippen LogP contribution >= 0.6 is 0 Å². The third-order valence-electron chi connectivity index (χ3n) is 3.68. The standard InChI is InChI=1S/C14H14N2O3/c1-6-5-16(6)9-4-10(18)12-11(8(3)17)7(2)15-13(12)14(9)19/h4,6,15H,5H2,1-3H3. The van der Waals surface area contributed by atoms with Gasteiger partial charge >= 0.3 is 0 Å². The zero-order chi connectivity index (χ0) is 13.9. The highest BCUT2D eigenvalue weighted by molar-refractivity contribution is 6.27. The van der Waals surface area contributed by atoms with E-state index in [1.54, 1.807) is 6.92 Å². The Kier molecular flexibility index (Phi) is 2.29. The van der Waals surface area contributed by atoms with Crippen molar-refractivity contribution >= 4 is 17.3 Å². The number of Topliss-reactive ketones (excluding diaryl/α,β-unsaturated/α-hetero) is 2. The van der Waals surface area contributed by atoms with Gasteiger partial charge in [0.15, 0.2) is 11.6 Å². The van der Waals surface area contributed by atoms with Crippen molar-refractivity contribution in [3.8, 4) is 0 Å². The summed E-state index contributed by atoms with van der Waals surface area (Å²) in [4.78, 5) is 41.0. The molecule has 1 aliphatic carbocycles. The van der Waals surface area contributed by atoms with Gasteiger partial charge < -0.3 is 9.88 Å². The summed E-state index contributed by atoms with van der Waals surface area (Å²) in [5, 5.41) is 0. The van der Waals surface area contributed by atoms with E-state index < -0.39 is 0 Å². The molecule has 98 valence electrons. The van der Waals surface area contributed by atoms with Crippen LogP contribution < -0.4 is 0 Å². The van der Waals surface area contributed by atoms with E-state index >= 15 is 0 Å². The van der Waals surface area contributed by atoms with Crippen molar-refractivity contribution in [3.63, 3.8) is 0 Å². The molecule has 1 N–H and O–H groups in total. The van der Waals surface area contributed by atoms with Crippen molar-refractivity contribution in [1.29, 1.82) is 0 Å². The molecule has 2 heterocycles. The lowest BCUT2D eigenvalue weighted by Gasteiger charge is -2.14. The first-order valence-corrected chi connectivity index (χ1v) is 6.22. The first-order chi connectivity index (χ1) is 8.91. The number of aromatic nitrogens is 1. The van der Waals surface area contributed by atoms with E-state index in [4.69, 9.17) is 0 Å². The Balaban J connectivity index is 2.14. The summed E-state index contributed by atoms with van der Waals surface area (Å²) in [5.74, 6) is -0.666. The van der Waals surface area contributed by atoms with Gasteiger partial charge in [0.1, 0.15) is 5.69 Å².